The van der Waals surface area contributed by atoms with Crippen LogP contribution in [0.15, 0.2) is 24.4 Å². The van der Waals surface area contributed by atoms with Gasteiger partial charge in [-0.05, 0) is 31.9 Å². The lowest BCUT2D eigenvalue weighted by molar-refractivity contribution is 0.0568. The van der Waals surface area contributed by atoms with Crippen LogP contribution < -0.4 is 5.32 Å². The van der Waals surface area contributed by atoms with E-state index in [1.807, 2.05) is 6.07 Å². The van der Waals surface area contributed by atoms with E-state index in [1.165, 1.54) is 0 Å². The highest BCUT2D eigenvalue weighted by Gasteiger charge is 2.31. The number of carbonyl (C=O) groups excluding carboxylic acids is 3. The van der Waals surface area contributed by atoms with Gasteiger partial charge in [-0.3, -0.25) is 14.0 Å². The van der Waals surface area contributed by atoms with E-state index in [1.54, 1.807) is 39.5 Å². The van der Waals surface area contributed by atoms with Crippen LogP contribution in [0.4, 0.5) is 4.79 Å². The first-order chi connectivity index (χ1) is 13.6. The van der Waals surface area contributed by atoms with Crippen LogP contribution in [0.1, 0.15) is 40.9 Å². The van der Waals surface area contributed by atoms with Crippen LogP contribution in [-0.4, -0.2) is 75.9 Å². The minimum atomic E-state index is -0.360. The second-order valence-electron chi connectivity index (χ2n) is 6.97. The lowest BCUT2D eigenvalue weighted by Crippen LogP contribution is -2.50. The molecule has 9 heteroatoms. The topological polar surface area (TPSA) is 96.2 Å². The maximum atomic E-state index is 13.1. The third kappa shape index (κ3) is 3.51. The van der Waals surface area contributed by atoms with Crippen molar-refractivity contribution in [3.63, 3.8) is 0 Å². The molecule has 3 amide bonds. The second-order valence-corrected chi connectivity index (χ2v) is 6.97. The van der Waals surface area contributed by atoms with Gasteiger partial charge in [0.25, 0.3) is 11.8 Å². The predicted molar refractivity (Wildman–Crippen MR) is 100 cm³/mol. The molecule has 0 radical (unpaired) electrons. The fourth-order valence-corrected chi connectivity index (χ4v) is 3.29. The van der Waals surface area contributed by atoms with Crippen molar-refractivity contribution in [1.29, 1.82) is 0 Å². The van der Waals surface area contributed by atoms with E-state index in [9.17, 15) is 14.4 Å². The molecule has 2 aromatic rings. The van der Waals surface area contributed by atoms with Crippen LogP contribution in [-0.2, 0) is 4.74 Å². The zero-order chi connectivity index (χ0) is 19.7. The molecule has 4 rings (SSSR count). The number of rotatable bonds is 4. The molecule has 28 heavy (non-hydrogen) atoms. The highest BCUT2D eigenvalue weighted by molar-refractivity contribution is 6.02. The summed E-state index contributed by atoms with van der Waals surface area (Å²) >= 11 is 0. The lowest BCUT2D eigenvalue weighted by atomic mass is 10.2. The summed E-state index contributed by atoms with van der Waals surface area (Å²) in [5.41, 5.74) is 0.854. The van der Waals surface area contributed by atoms with Crippen molar-refractivity contribution in [2.75, 3.05) is 32.8 Å². The predicted octanol–water partition coefficient (Wildman–Crippen LogP) is 1.14. The monoisotopic (exact) mass is 385 g/mol. The van der Waals surface area contributed by atoms with Crippen LogP contribution in [0, 0.1) is 0 Å². The number of amides is 3. The van der Waals surface area contributed by atoms with Crippen LogP contribution >= 0.6 is 0 Å². The van der Waals surface area contributed by atoms with E-state index in [4.69, 9.17) is 4.74 Å². The molecule has 9 nitrogen and oxygen atoms in total. The fourth-order valence-electron chi connectivity index (χ4n) is 3.29. The minimum absolute atomic E-state index is 0.207. The molecule has 2 aliphatic rings. The summed E-state index contributed by atoms with van der Waals surface area (Å²) < 4.78 is 6.66. The van der Waals surface area contributed by atoms with Gasteiger partial charge in [-0.2, -0.15) is 0 Å². The van der Waals surface area contributed by atoms with Crippen molar-refractivity contribution in [3.05, 3.63) is 35.9 Å². The highest BCUT2D eigenvalue weighted by Crippen LogP contribution is 2.21. The van der Waals surface area contributed by atoms with Crippen LogP contribution in [0.5, 0.6) is 0 Å². The van der Waals surface area contributed by atoms with Gasteiger partial charge in [0.2, 0.25) is 5.82 Å². The molecule has 0 spiro atoms. The smallest absolute Gasteiger partial charge is 0.409 e. The molecule has 2 fully saturated rings. The van der Waals surface area contributed by atoms with E-state index in [2.05, 4.69) is 10.3 Å². The summed E-state index contributed by atoms with van der Waals surface area (Å²) in [5, 5.41) is 2.92. The van der Waals surface area contributed by atoms with Crippen LogP contribution in [0.2, 0.25) is 0 Å². The van der Waals surface area contributed by atoms with Gasteiger partial charge in [-0.15, -0.1) is 0 Å². The Kier molecular flexibility index (Phi) is 4.89. The molecule has 0 aromatic carbocycles. The molecule has 1 N–H and O–H groups in total. The molecule has 0 unspecified atom stereocenters. The van der Waals surface area contributed by atoms with Crippen molar-refractivity contribution in [2.24, 2.45) is 0 Å². The molecule has 3 heterocycles. The van der Waals surface area contributed by atoms with Gasteiger partial charge in [0.05, 0.1) is 12.1 Å². The molecule has 148 valence electrons. The quantitative estimate of drug-likeness (QED) is 0.851. The van der Waals surface area contributed by atoms with Gasteiger partial charge in [0.1, 0.15) is 0 Å². The van der Waals surface area contributed by atoms with Gasteiger partial charge in [-0.25, -0.2) is 9.78 Å². The molecular formula is C19H23N5O4. The van der Waals surface area contributed by atoms with E-state index in [0.29, 0.717) is 38.3 Å². The summed E-state index contributed by atoms with van der Waals surface area (Å²) in [5.74, 6) is -0.288. The van der Waals surface area contributed by atoms with Crippen molar-refractivity contribution >= 4 is 23.4 Å². The first-order valence-corrected chi connectivity index (χ1v) is 9.57. The van der Waals surface area contributed by atoms with Crippen molar-refractivity contribution in [3.8, 4) is 0 Å². The van der Waals surface area contributed by atoms with Gasteiger partial charge in [0.15, 0.2) is 5.69 Å². The first-order valence-electron chi connectivity index (χ1n) is 9.57. The van der Waals surface area contributed by atoms with Crippen molar-refractivity contribution in [1.82, 2.24) is 24.5 Å². The zero-order valence-electron chi connectivity index (χ0n) is 15.8. The summed E-state index contributed by atoms with van der Waals surface area (Å²) in [4.78, 5) is 45.1. The van der Waals surface area contributed by atoms with Crippen molar-refractivity contribution in [2.45, 2.75) is 25.8 Å². The minimum Gasteiger partial charge on any atom is -0.450 e. The van der Waals surface area contributed by atoms with E-state index in [0.717, 1.165) is 12.8 Å². The van der Waals surface area contributed by atoms with Gasteiger partial charge in [-0.1, -0.05) is 6.07 Å². The first kappa shape index (κ1) is 18.3. The van der Waals surface area contributed by atoms with Gasteiger partial charge in [0, 0.05) is 38.4 Å². The van der Waals surface area contributed by atoms with Crippen molar-refractivity contribution < 1.29 is 19.1 Å². The normalized spacial score (nSPS) is 16.9. The average Bonchev–Trinajstić information content (AvgIpc) is 3.44. The van der Waals surface area contributed by atoms with E-state index < -0.39 is 0 Å². The molecule has 0 atom stereocenters. The Labute approximate surface area is 162 Å². The fraction of sp³-hybridized carbons (Fsp3) is 0.474. The zero-order valence-corrected chi connectivity index (χ0v) is 15.8. The SMILES string of the molecule is CCOC(=O)N1CCN(C(=O)c2nc(C(=O)NC3CC3)n3ccccc23)CC1. The highest BCUT2D eigenvalue weighted by atomic mass is 16.6. The number of nitrogens with one attached hydrogen (secondary N) is 1. The molecule has 1 saturated carbocycles. The van der Waals surface area contributed by atoms with Crippen LogP contribution in [0.25, 0.3) is 5.52 Å². The molecule has 2 aromatic heterocycles. The molecule has 1 aliphatic carbocycles. The third-order valence-corrected chi connectivity index (χ3v) is 4.96. The molecule has 0 bridgehead atoms. The molecule has 1 aliphatic heterocycles. The maximum absolute atomic E-state index is 13.1. The number of nitrogens with zero attached hydrogens (tertiary/aromatic N) is 4. The number of aromatic nitrogens is 2. The number of imidazole rings is 1. The summed E-state index contributed by atoms with van der Waals surface area (Å²) in [6, 6.07) is 5.60. The number of fused-ring (bicyclic) bond motifs is 1. The Morgan fingerprint density at radius 1 is 1.14 bits per heavy atom. The number of hydrogen-bond donors (Lipinski definition) is 1. The standard InChI is InChI=1S/C19H23N5O4/c1-2-28-19(27)23-11-9-22(10-12-23)18(26)15-14-5-3-4-8-24(14)16(21-15)17(25)20-13-6-7-13/h3-5,8,13H,2,6-7,9-12H2,1H3,(H,20,25). The van der Waals surface area contributed by atoms with E-state index in [-0.39, 0.29) is 35.5 Å². The second kappa shape index (κ2) is 7.49. The Hall–Kier alpha value is -3.10. The van der Waals surface area contributed by atoms with Crippen LogP contribution in [0.3, 0.4) is 0 Å². The Balaban J connectivity index is 1.53. The summed E-state index contributed by atoms with van der Waals surface area (Å²) in [6.07, 6.45) is 3.33. The number of pyridine rings is 1. The molecular weight excluding hydrogens is 362 g/mol. The van der Waals surface area contributed by atoms with Gasteiger partial charge >= 0.3 is 6.09 Å². The average molecular weight is 385 g/mol. The largest absolute Gasteiger partial charge is 0.450 e. The Morgan fingerprint density at radius 2 is 1.86 bits per heavy atom. The summed E-state index contributed by atoms with van der Waals surface area (Å²) in [7, 11) is 0. The Bertz CT molecular complexity index is 912. The lowest BCUT2D eigenvalue weighted by Gasteiger charge is -2.33. The van der Waals surface area contributed by atoms with E-state index >= 15 is 0 Å². The Morgan fingerprint density at radius 3 is 2.54 bits per heavy atom. The third-order valence-electron chi connectivity index (χ3n) is 4.96. The summed E-state index contributed by atoms with van der Waals surface area (Å²) in [6.45, 7) is 3.69. The molecule has 1 saturated heterocycles. The number of carbonyl (C=O) groups is 3. The number of ether oxygens (including phenoxy) is 1. The number of hydrogen-bond acceptors (Lipinski definition) is 5. The van der Waals surface area contributed by atoms with Gasteiger partial charge < -0.3 is 19.9 Å². The maximum Gasteiger partial charge on any atom is 0.409 e. The number of piperazine rings is 1.